The molecule has 0 radical (unpaired) electrons. The van der Waals surface area contributed by atoms with E-state index >= 15 is 0 Å². The molecule has 0 saturated heterocycles. The van der Waals surface area contributed by atoms with Crippen molar-refractivity contribution in [1.29, 1.82) is 0 Å². The van der Waals surface area contributed by atoms with E-state index in [0.29, 0.717) is 11.1 Å². The van der Waals surface area contributed by atoms with Gasteiger partial charge >= 0.3 is 0 Å². The second-order valence-corrected chi connectivity index (χ2v) is 5.18. The van der Waals surface area contributed by atoms with Gasteiger partial charge in [-0.15, -0.1) is 0 Å². The first-order valence-corrected chi connectivity index (χ1v) is 6.67. The zero-order chi connectivity index (χ0) is 12.8. The van der Waals surface area contributed by atoms with Crippen LogP contribution in [0.25, 0.3) is 16.7 Å². The predicted octanol–water partition coefficient (Wildman–Crippen LogP) is 3.35. The molecule has 94 valence electrons. The van der Waals surface area contributed by atoms with Crippen molar-refractivity contribution in [3.63, 3.8) is 0 Å². The maximum absolute atomic E-state index is 6.10. The highest BCUT2D eigenvalue weighted by Crippen LogP contribution is 2.38. The zero-order valence-electron chi connectivity index (χ0n) is 10.1. The molecular formula is C14H11ClN4. The summed E-state index contributed by atoms with van der Waals surface area (Å²) < 4.78 is 1.81. The summed E-state index contributed by atoms with van der Waals surface area (Å²) in [4.78, 5) is 8.89. The van der Waals surface area contributed by atoms with Crippen molar-refractivity contribution in [1.82, 2.24) is 19.7 Å². The Balaban J connectivity index is 1.91. The third kappa shape index (κ3) is 1.88. The fourth-order valence-corrected chi connectivity index (χ4v) is 2.39. The third-order valence-electron chi connectivity index (χ3n) is 3.34. The van der Waals surface area contributed by atoms with Gasteiger partial charge in [0.15, 0.2) is 5.82 Å². The Hall–Kier alpha value is -1.94. The van der Waals surface area contributed by atoms with Crippen molar-refractivity contribution in [2.45, 2.75) is 18.8 Å². The van der Waals surface area contributed by atoms with E-state index in [1.807, 2.05) is 35.1 Å². The average molecular weight is 271 g/mol. The topological polar surface area (TPSA) is 43.6 Å². The van der Waals surface area contributed by atoms with Crippen molar-refractivity contribution in [2.75, 3.05) is 0 Å². The van der Waals surface area contributed by atoms with Crippen molar-refractivity contribution >= 4 is 22.5 Å². The van der Waals surface area contributed by atoms with E-state index in [2.05, 4.69) is 15.1 Å². The molecule has 1 aliphatic rings. The molecule has 5 heteroatoms. The van der Waals surface area contributed by atoms with E-state index in [4.69, 9.17) is 11.6 Å². The quantitative estimate of drug-likeness (QED) is 0.671. The van der Waals surface area contributed by atoms with Gasteiger partial charge in [0.1, 0.15) is 11.0 Å². The Kier molecular flexibility index (Phi) is 2.32. The number of benzene rings is 1. The number of hydrogen-bond donors (Lipinski definition) is 0. The maximum Gasteiger partial charge on any atom is 0.159 e. The molecule has 1 aromatic carbocycles. The number of aromatic nitrogens is 4. The van der Waals surface area contributed by atoms with Gasteiger partial charge in [0.25, 0.3) is 0 Å². The molecule has 0 spiro atoms. The summed E-state index contributed by atoms with van der Waals surface area (Å²) in [6.45, 7) is 0. The molecule has 0 bridgehead atoms. The first kappa shape index (κ1) is 10.9. The molecule has 2 aromatic heterocycles. The van der Waals surface area contributed by atoms with E-state index in [9.17, 15) is 0 Å². The van der Waals surface area contributed by atoms with Crippen LogP contribution in [0.1, 0.15) is 24.6 Å². The summed E-state index contributed by atoms with van der Waals surface area (Å²) in [6, 6.07) is 9.80. The lowest BCUT2D eigenvalue weighted by molar-refractivity contribution is 0.828. The second kappa shape index (κ2) is 4.03. The standard InChI is InChI=1S/C14H11ClN4/c15-12-7-13(18-14(17-12)9-5-6-9)19-11-4-2-1-3-10(11)8-16-19/h1-4,7-9H,5-6H2. The first-order valence-electron chi connectivity index (χ1n) is 6.29. The molecule has 3 aromatic rings. The van der Waals surface area contributed by atoms with Crippen LogP contribution in [0.2, 0.25) is 5.15 Å². The van der Waals surface area contributed by atoms with Crippen molar-refractivity contribution in [2.24, 2.45) is 0 Å². The van der Waals surface area contributed by atoms with Crippen LogP contribution >= 0.6 is 11.6 Å². The number of fused-ring (bicyclic) bond motifs is 1. The van der Waals surface area contributed by atoms with Gasteiger partial charge in [0, 0.05) is 17.4 Å². The number of para-hydroxylation sites is 1. The minimum Gasteiger partial charge on any atom is -0.221 e. The Labute approximate surface area is 115 Å². The molecule has 0 unspecified atom stereocenters. The van der Waals surface area contributed by atoms with E-state index in [-0.39, 0.29) is 0 Å². The molecule has 0 N–H and O–H groups in total. The highest BCUT2D eigenvalue weighted by atomic mass is 35.5. The van der Waals surface area contributed by atoms with E-state index in [1.165, 1.54) is 0 Å². The Bertz CT molecular complexity index is 761. The highest BCUT2D eigenvalue weighted by Gasteiger charge is 2.27. The fourth-order valence-electron chi connectivity index (χ4n) is 2.21. The minimum absolute atomic E-state index is 0.472. The molecule has 4 rings (SSSR count). The van der Waals surface area contributed by atoms with Crippen molar-refractivity contribution < 1.29 is 0 Å². The van der Waals surface area contributed by atoms with Gasteiger partial charge in [-0.1, -0.05) is 29.8 Å². The summed E-state index contributed by atoms with van der Waals surface area (Å²) in [5, 5.41) is 5.96. The van der Waals surface area contributed by atoms with Crippen LogP contribution in [0, 0.1) is 0 Å². The normalized spacial score (nSPS) is 15.0. The Morgan fingerprint density at radius 2 is 2.00 bits per heavy atom. The predicted molar refractivity (Wildman–Crippen MR) is 73.6 cm³/mol. The van der Waals surface area contributed by atoms with Crippen LogP contribution in [0.15, 0.2) is 36.5 Å². The number of nitrogens with zero attached hydrogens (tertiary/aromatic N) is 4. The SMILES string of the molecule is Clc1cc(-n2ncc3ccccc32)nc(C2CC2)n1. The molecule has 4 nitrogen and oxygen atoms in total. The number of halogens is 1. The van der Waals surface area contributed by atoms with Crippen LogP contribution in [0.5, 0.6) is 0 Å². The minimum atomic E-state index is 0.472. The summed E-state index contributed by atoms with van der Waals surface area (Å²) in [7, 11) is 0. The van der Waals surface area contributed by atoms with E-state index in [1.54, 1.807) is 6.07 Å². The molecular weight excluding hydrogens is 260 g/mol. The van der Waals surface area contributed by atoms with Crippen LogP contribution in [-0.4, -0.2) is 19.7 Å². The molecule has 19 heavy (non-hydrogen) atoms. The lowest BCUT2D eigenvalue weighted by Gasteiger charge is -2.05. The van der Waals surface area contributed by atoms with Gasteiger partial charge in [-0.25, -0.2) is 14.6 Å². The van der Waals surface area contributed by atoms with Gasteiger partial charge in [0.05, 0.1) is 11.7 Å². The van der Waals surface area contributed by atoms with Crippen LogP contribution in [0.4, 0.5) is 0 Å². The van der Waals surface area contributed by atoms with Crippen LogP contribution in [-0.2, 0) is 0 Å². The van der Waals surface area contributed by atoms with Gasteiger partial charge < -0.3 is 0 Å². The van der Waals surface area contributed by atoms with Crippen molar-refractivity contribution in [3.8, 4) is 5.82 Å². The molecule has 1 aliphatic carbocycles. The van der Waals surface area contributed by atoms with E-state index in [0.717, 1.165) is 35.4 Å². The fraction of sp³-hybridized carbons (Fsp3) is 0.214. The second-order valence-electron chi connectivity index (χ2n) is 4.80. The molecule has 2 heterocycles. The van der Waals surface area contributed by atoms with Crippen LogP contribution < -0.4 is 0 Å². The summed E-state index contributed by atoms with van der Waals surface area (Å²) in [5.41, 5.74) is 1.03. The zero-order valence-corrected chi connectivity index (χ0v) is 10.9. The molecule has 0 amide bonds. The first-order chi connectivity index (χ1) is 9.31. The van der Waals surface area contributed by atoms with Gasteiger partial charge in [-0.05, 0) is 18.9 Å². The lowest BCUT2D eigenvalue weighted by Crippen LogP contribution is -2.03. The number of hydrogen-bond acceptors (Lipinski definition) is 3. The average Bonchev–Trinajstić information content (AvgIpc) is 3.18. The third-order valence-corrected chi connectivity index (χ3v) is 3.53. The van der Waals surface area contributed by atoms with Crippen LogP contribution in [0.3, 0.4) is 0 Å². The molecule has 0 atom stereocenters. The number of rotatable bonds is 2. The Morgan fingerprint density at radius 3 is 2.84 bits per heavy atom. The van der Waals surface area contributed by atoms with E-state index < -0.39 is 0 Å². The highest BCUT2D eigenvalue weighted by molar-refractivity contribution is 6.29. The largest absolute Gasteiger partial charge is 0.221 e. The summed E-state index contributed by atoms with van der Waals surface area (Å²) in [5.74, 6) is 2.05. The summed E-state index contributed by atoms with van der Waals surface area (Å²) in [6.07, 6.45) is 4.14. The molecule has 1 saturated carbocycles. The molecule has 0 aliphatic heterocycles. The molecule has 1 fully saturated rings. The van der Waals surface area contributed by atoms with Crippen molar-refractivity contribution in [3.05, 3.63) is 47.5 Å². The Morgan fingerprint density at radius 1 is 1.16 bits per heavy atom. The van der Waals surface area contributed by atoms with Gasteiger partial charge in [0.2, 0.25) is 0 Å². The smallest absolute Gasteiger partial charge is 0.159 e. The monoisotopic (exact) mass is 270 g/mol. The maximum atomic E-state index is 6.10. The lowest BCUT2D eigenvalue weighted by atomic mass is 10.2. The van der Waals surface area contributed by atoms with Gasteiger partial charge in [-0.3, -0.25) is 0 Å². The van der Waals surface area contributed by atoms with Gasteiger partial charge in [-0.2, -0.15) is 5.10 Å². The summed E-state index contributed by atoms with van der Waals surface area (Å²) >= 11 is 6.10.